The quantitative estimate of drug-likeness (QED) is 0.175. The molecule has 8 aromatic rings. The van der Waals surface area contributed by atoms with Gasteiger partial charge in [0.05, 0.1) is 39.6 Å². The van der Waals surface area contributed by atoms with E-state index >= 15 is 0 Å². The number of anilines is 9. The van der Waals surface area contributed by atoms with Crippen molar-refractivity contribution in [3.8, 4) is 0 Å². The molecule has 2 aromatic heterocycles. The number of hydrogen-bond acceptors (Lipinski definition) is 6. The van der Waals surface area contributed by atoms with Crippen molar-refractivity contribution in [2.24, 2.45) is 0 Å². The van der Waals surface area contributed by atoms with Crippen LogP contribution in [-0.2, 0) is 0 Å². The molecule has 0 radical (unpaired) electrons. The summed E-state index contributed by atoms with van der Waals surface area (Å²) in [6.45, 7) is 0.0644. The van der Waals surface area contributed by atoms with E-state index in [9.17, 15) is 0 Å². The average molecular weight is 670 g/mol. The summed E-state index contributed by atoms with van der Waals surface area (Å²) >= 11 is 1.87. The van der Waals surface area contributed by atoms with Crippen LogP contribution in [0.4, 0.5) is 51.2 Å². The van der Waals surface area contributed by atoms with E-state index in [0.717, 1.165) is 50.7 Å². The van der Waals surface area contributed by atoms with Gasteiger partial charge in [0.25, 0.3) is 0 Å². The Balaban J connectivity index is 1.33. The molecule has 51 heavy (non-hydrogen) atoms. The zero-order valence-electron chi connectivity index (χ0n) is 27.4. The molecule has 0 amide bonds. The summed E-state index contributed by atoms with van der Waals surface area (Å²) in [5, 5.41) is 1.11. The Bertz CT molecular complexity index is 2660. The van der Waals surface area contributed by atoms with E-state index in [1.165, 1.54) is 37.6 Å². The molecule has 3 aliphatic heterocycles. The van der Waals surface area contributed by atoms with Gasteiger partial charge < -0.3 is 14.7 Å². The van der Waals surface area contributed by atoms with Crippen molar-refractivity contribution in [2.75, 3.05) is 14.7 Å². The van der Waals surface area contributed by atoms with Gasteiger partial charge in [0, 0.05) is 50.8 Å². The molecule has 0 saturated heterocycles. The molecule has 0 spiro atoms. The highest BCUT2D eigenvalue weighted by molar-refractivity contribution is 8.00. The van der Waals surface area contributed by atoms with Crippen molar-refractivity contribution < 1.29 is 0 Å². The normalized spacial score (nSPS) is 13.6. The van der Waals surface area contributed by atoms with Crippen LogP contribution in [0.15, 0.2) is 180 Å². The fourth-order valence-corrected chi connectivity index (χ4v) is 9.49. The third-order valence-electron chi connectivity index (χ3n) is 10.3. The first-order valence-corrected chi connectivity index (χ1v) is 18.0. The van der Waals surface area contributed by atoms with Crippen LogP contribution < -0.4 is 31.1 Å². The molecule has 7 heteroatoms. The topological polar surface area (TPSA) is 35.5 Å². The molecule has 0 bridgehead atoms. The molecule has 0 N–H and O–H groups in total. The molecular weight excluding hydrogens is 641 g/mol. The summed E-state index contributed by atoms with van der Waals surface area (Å²) in [6, 6.07) is 54.8. The molecular formula is C44H28BN5S. The summed E-state index contributed by atoms with van der Waals surface area (Å²) in [7, 11) is 0. The first kappa shape index (κ1) is 28.5. The van der Waals surface area contributed by atoms with Crippen LogP contribution in [-0.4, -0.2) is 16.7 Å². The van der Waals surface area contributed by atoms with Crippen molar-refractivity contribution in [1.29, 1.82) is 0 Å². The summed E-state index contributed by atoms with van der Waals surface area (Å²) in [4.78, 5) is 19.4. The second-order valence-electron chi connectivity index (χ2n) is 13.0. The summed E-state index contributed by atoms with van der Waals surface area (Å²) in [5.41, 5.74) is 14.9. The van der Waals surface area contributed by atoms with Gasteiger partial charge in [-0.15, -0.1) is 0 Å². The van der Waals surface area contributed by atoms with Gasteiger partial charge in [-0.1, -0.05) is 102 Å². The van der Waals surface area contributed by atoms with Crippen LogP contribution in [0.1, 0.15) is 0 Å². The van der Waals surface area contributed by atoms with Crippen LogP contribution in [0.3, 0.4) is 0 Å². The average Bonchev–Trinajstić information content (AvgIpc) is 3.20. The predicted octanol–water partition coefficient (Wildman–Crippen LogP) is 9.65. The monoisotopic (exact) mass is 669 g/mol. The summed E-state index contributed by atoms with van der Waals surface area (Å²) in [5.74, 6) is 0. The fraction of sp³-hybridized carbons (Fsp3) is 0. The molecule has 0 aliphatic carbocycles. The third kappa shape index (κ3) is 4.13. The fourth-order valence-electron chi connectivity index (χ4n) is 8.31. The van der Waals surface area contributed by atoms with Crippen LogP contribution in [0, 0.1) is 0 Å². The van der Waals surface area contributed by atoms with E-state index in [2.05, 4.69) is 165 Å². The molecule has 0 unspecified atom stereocenters. The lowest BCUT2D eigenvalue weighted by atomic mass is 9.34. The maximum Gasteiger partial charge on any atom is 0.249 e. The molecule has 0 saturated carbocycles. The first-order chi connectivity index (χ1) is 25.3. The number of benzene rings is 6. The number of para-hydroxylation sites is 5. The lowest BCUT2D eigenvalue weighted by Gasteiger charge is -2.47. The largest absolute Gasteiger partial charge is 0.309 e. The molecule has 3 aliphatic rings. The lowest BCUT2D eigenvalue weighted by molar-refractivity contribution is 1.14. The Morgan fingerprint density at radius 2 is 1.10 bits per heavy atom. The Kier molecular flexibility index (Phi) is 6.21. The maximum atomic E-state index is 4.98. The van der Waals surface area contributed by atoms with Crippen LogP contribution in [0.5, 0.6) is 0 Å². The number of rotatable bonds is 3. The van der Waals surface area contributed by atoms with Gasteiger partial charge in [-0.3, -0.25) is 9.97 Å². The number of aromatic nitrogens is 2. The van der Waals surface area contributed by atoms with Crippen LogP contribution >= 0.6 is 11.8 Å². The molecule has 5 heterocycles. The molecule has 6 aromatic carbocycles. The van der Waals surface area contributed by atoms with E-state index in [0.29, 0.717) is 0 Å². The molecule has 5 nitrogen and oxygen atoms in total. The van der Waals surface area contributed by atoms with Gasteiger partial charge in [-0.05, 0) is 77.7 Å². The van der Waals surface area contributed by atoms with Gasteiger partial charge in [0.2, 0.25) is 6.71 Å². The molecule has 0 atom stereocenters. The Labute approximate surface area is 300 Å². The molecule has 0 fully saturated rings. The van der Waals surface area contributed by atoms with Gasteiger partial charge in [0.15, 0.2) is 0 Å². The molecule has 11 rings (SSSR count). The molecule has 238 valence electrons. The SMILES string of the molecule is c1ccc(N2c3ccccc3N(c3cccc4cccnc34)c3cc4c5c(c32)N(c2ccncc2)c2ccccc2B5c2ccccc2S4)cc1. The van der Waals surface area contributed by atoms with Gasteiger partial charge in [-0.25, -0.2) is 0 Å². The Morgan fingerprint density at radius 3 is 1.94 bits per heavy atom. The van der Waals surface area contributed by atoms with Crippen molar-refractivity contribution in [1.82, 2.24) is 9.97 Å². The van der Waals surface area contributed by atoms with Crippen molar-refractivity contribution in [3.05, 3.63) is 170 Å². The van der Waals surface area contributed by atoms with Crippen molar-refractivity contribution in [2.45, 2.75) is 9.79 Å². The third-order valence-corrected chi connectivity index (χ3v) is 11.5. The highest BCUT2D eigenvalue weighted by Gasteiger charge is 2.46. The van der Waals surface area contributed by atoms with Gasteiger partial charge in [0.1, 0.15) is 0 Å². The highest BCUT2D eigenvalue weighted by atomic mass is 32.2. The number of pyridine rings is 2. The van der Waals surface area contributed by atoms with Crippen LogP contribution in [0.2, 0.25) is 0 Å². The van der Waals surface area contributed by atoms with E-state index in [-0.39, 0.29) is 6.71 Å². The second kappa shape index (κ2) is 11.1. The van der Waals surface area contributed by atoms with Crippen molar-refractivity contribution >= 4 is 97.0 Å². The summed E-state index contributed by atoms with van der Waals surface area (Å²) < 4.78 is 0. The van der Waals surface area contributed by atoms with Gasteiger partial charge >= 0.3 is 0 Å². The van der Waals surface area contributed by atoms with E-state index in [4.69, 9.17) is 4.98 Å². The standard InChI is InChI=1S/C44H28BN5S/c1-2-14-30(15-3-1)49-35-19-7-8-20-36(35)50(37-21-10-12-29-13-11-25-47-42(29)37)38-28-40-41-44(43(38)49)48(31-23-26-46-27-24-31)34-18-6-4-16-32(34)45(41)33-17-5-9-22-39(33)51-40/h1-28H. The Hall–Kier alpha value is -6.31. The van der Waals surface area contributed by atoms with E-state index < -0.39 is 0 Å². The zero-order valence-corrected chi connectivity index (χ0v) is 28.2. The minimum absolute atomic E-state index is 0.0644. The number of nitrogens with zero attached hydrogens (tertiary/aromatic N) is 5. The maximum absolute atomic E-state index is 4.98. The number of fused-ring (bicyclic) bond motifs is 8. The summed E-state index contributed by atoms with van der Waals surface area (Å²) in [6.07, 6.45) is 5.69. The van der Waals surface area contributed by atoms with Crippen molar-refractivity contribution in [3.63, 3.8) is 0 Å². The number of hydrogen-bond donors (Lipinski definition) is 0. The van der Waals surface area contributed by atoms with Crippen LogP contribution in [0.25, 0.3) is 10.9 Å². The minimum Gasteiger partial charge on any atom is -0.309 e. The highest BCUT2D eigenvalue weighted by Crippen LogP contribution is 2.60. The van der Waals surface area contributed by atoms with Gasteiger partial charge in [-0.2, -0.15) is 0 Å². The zero-order chi connectivity index (χ0) is 33.5. The van der Waals surface area contributed by atoms with E-state index in [1.54, 1.807) is 0 Å². The van der Waals surface area contributed by atoms with E-state index in [1.807, 2.05) is 36.4 Å². The lowest BCUT2D eigenvalue weighted by Crippen LogP contribution is -2.60. The first-order valence-electron chi connectivity index (χ1n) is 17.2. The minimum atomic E-state index is 0.0644. The Morgan fingerprint density at radius 1 is 0.451 bits per heavy atom. The smallest absolute Gasteiger partial charge is 0.249 e. The second-order valence-corrected chi connectivity index (χ2v) is 14.1. The predicted molar refractivity (Wildman–Crippen MR) is 212 cm³/mol.